The lowest BCUT2D eigenvalue weighted by Gasteiger charge is -2.13. The molecule has 3 rings (SSSR count). The van der Waals surface area contributed by atoms with Crippen LogP contribution in [0, 0.1) is 5.82 Å². The normalized spacial score (nSPS) is 12.6. The number of benzene rings is 1. The van der Waals surface area contributed by atoms with E-state index in [4.69, 9.17) is 4.74 Å². The fraction of sp³-hybridized carbons (Fsp3) is 0.133. The number of aromatic nitrogens is 1. The highest BCUT2D eigenvalue weighted by atomic mass is 32.1. The lowest BCUT2D eigenvalue weighted by Crippen LogP contribution is -2.03. The molecule has 0 amide bonds. The van der Waals surface area contributed by atoms with E-state index < -0.39 is 11.9 Å². The lowest BCUT2D eigenvalue weighted by molar-refractivity contribution is 0.214. The van der Waals surface area contributed by atoms with Crippen molar-refractivity contribution in [2.75, 3.05) is 7.11 Å². The zero-order valence-electron chi connectivity index (χ0n) is 10.7. The van der Waals surface area contributed by atoms with Gasteiger partial charge in [-0.25, -0.2) is 4.39 Å². The molecule has 0 aliphatic carbocycles. The number of hydrogen-bond donors (Lipinski definition) is 1. The maximum Gasteiger partial charge on any atom is 0.133 e. The number of ether oxygens (including phenoxy) is 1. The molecular weight excluding hydrogens is 277 g/mol. The summed E-state index contributed by atoms with van der Waals surface area (Å²) in [5.74, 6) is -0.0755. The van der Waals surface area contributed by atoms with E-state index in [9.17, 15) is 9.50 Å². The molecule has 0 saturated heterocycles. The van der Waals surface area contributed by atoms with Crippen molar-refractivity contribution in [1.29, 1.82) is 0 Å². The van der Waals surface area contributed by atoms with Crippen molar-refractivity contribution < 1.29 is 14.2 Å². The van der Waals surface area contributed by atoms with E-state index in [0.29, 0.717) is 11.3 Å². The Morgan fingerprint density at radius 3 is 2.90 bits per heavy atom. The molecule has 5 heteroatoms. The average molecular weight is 289 g/mol. The van der Waals surface area contributed by atoms with E-state index in [1.165, 1.54) is 30.6 Å². The second kappa shape index (κ2) is 5.19. The molecule has 0 bridgehead atoms. The molecule has 0 radical (unpaired) electrons. The number of pyridine rings is 1. The first-order valence-corrected chi connectivity index (χ1v) is 6.91. The van der Waals surface area contributed by atoms with Crippen LogP contribution in [-0.2, 0) is 0 Å². The smallest absolute Gasteiger partial charge is 0.133 e. The van der Waals surface area contributed by atoms with Gasteiger partial charge in [0.15, 0.2) is 0 Å². The monoisotopic (exact) mass is 289 g/mol. The van der Waals surface area contributed by atoms with Crippen molar-refractivity contribution >= 4 is 21.6 Å². The molecule has 0 aliphatic rings. The largest absolute Gasteiger partial charge is 0.497 e. The highest BCUT2D eigenvalue weighted by molar-refractivity contribution is 7.17. The van der Waals surface area contributed by atoms with Crippen LogP contribution in [0.1, 0.15) is 17.2 Å². The van der Waals surface area contributed by atoms with Crippen molar-refractivity contribution in [3.05, 3.63) is 58.9 Å². The van der Waals surface area contributed by atoms with Crippen LogP contribution in [0.25, 0.3) is 10.2 Å². The second-order valence-corrected chi connectivity index (χ2v) is 5.31. The minimum atomic E-state index is -1.04. The summed E-state index contributed by atoms with van der Waals surface area (Å²) in [6.07, 6.45) is 0.531. The number of aliphatic hydroxyl groups excluding tert-OH is 1. The lowest BCUT2D eigenvalue weighted by atomic mass is 10.0. The molecular formula is C15H12FNO2S. The first kappa shape index (κ1) is 13.0. The number of halogens is 1. The van der Waals surface area contributed by atoms with Crippen molar-refractivity contribution in [1.82, 2.24) is 4.98 Å². The predicted octanol–water partition coefficient (Wildman–Crippen LogP) is 3.53. The molecule has 1 unspecified atom stereocenters. The quantitative estimate of drug-likeness (QED) is 0.802. The van der Waals surface area contributed by atoms with Crippen LogP contribution in [-0.4, -0.2) is 17.2 Å². The summed E-state index contributed by atoms with van der Waals surface area (Å²) in [6, 6.07) is 8.15. The molecule has 1 aromatic carbocycles. The molecule has 0 aliphatic heterocycles. The van der Waals surface area contributed by atoms with Crippen LogP contribution in [0.15, 0.2) is 41.9 Å². The molecule has 20 heavy (non-hydrogen) atoms. The summed E-state index contributed by atoms with van der Waals surface area (Å²) in [7, 11) is 1.47. The summed E-state index contributed by atoms with van der Waals surface area (Å²) < 4.78 is 19.9. The van der Waals surface area contributed by atoms with Gasteiger partial charge in [0.1, 0.15) is 17.7 Å². The predicted molar refractivity (Wildman–Crippen MR) is 76.6 cm³/mol. The third-order valence-electron chi connectivity index (χ3n) is 3.14. The average Bonchev–Trinajstić information content (AvgIpc) is 2.93. The molecule has 1 N–H and O–H groups in total. The Balaban J connectivity index is 2.00. The SMILES string of the molecule is COc1ccc(C(O)c2cnc3ccsc3c2)c(F)c1. The van der Waals surface area contributed by atoms with Crippen LogP contribution >= 0.6 is 11.3 Å². The van der Waals surface area contributed by atoms with E-state index in [1.54, 1.807) is 12.3 Å². The fourth-order valence-electron chi connectivity index (χ4n) is 2.05. The standard InChI is InChI=1S/C15H12FNO2S/c1-19-10-2-3-11(12(16)7-10)15(18)9-6-14-13(17-8-9)4-5-20-14/h2-8,15,18H,1H3. The summed E-state index contributed by atoms with van der Waals surface area (Å²) in [4.78, 5) is 4.25. The van der Waals surface area contributed by atoms with Crippen molar-refractivity contribution in [2.45, 2.75) is 6.10 Å². The van der Waals surface area contributed by atoms with Crippen LogP contribution < -0.4 is 4.74 Å². The molecule has 0 spiro atoms. The molecule has 1 atom stereocenters. The van der Waals surface area contributed by atoms with Gasteiger partial charge in [-0.3, -0.25) is 4.98 Å². The first-order chi connectivity index (χ1) is 9.69. The van der Waals surface area contributed by atoms with E-state index in [1.807, 2.05) is 17.5 Å². The summed E-state index contributed by atoms with van der Waals surface area (Å²) in [6.45, 7) is 0. The topological polar surface area (TPSA) is 42.4 Å². The molecule has 3 aromatic rings. The zero-order valence-corrected chi connectivity index (χ0v) is 11.5. The minimum Gasteiger partial charge on any atom is -0.497 e. The maximum atomic E-state index is 14.0. The molecule has 3 nitrogen and oxygen atoms in total. The highest BCUT2D eigenvalue weighted by Crippen LogP contribution is 2.29. The van der Waals surface area contributed by atoms with Gasteiger partial charge in [0, 0.05) is 23.4 Å². The van der Waals surface area contributed by atoms with E-state index >= 15 is 0 Å². The Labute approximate surface area is 119 Å². The van der Waals surface area contributed by atoms with Crippen molar-refractivity contribution in [3.63, 3.8) is 0 Å². The highest BCUT2D eigenvalue weighted by Gasteiger charge is 2.16. The van der Waals surface area contributed by atoms with Crippen LogP contribution in [0.2, 0.25) is 0 Å². The van der Waals surface area contributed by atoms with Gasteiger partial charge >= 0.3 is 0 Å². The minimum absolute atomic E-state index is 0.212. The van der Waals surface area contributed by atoms with Crippen LogP contribution in [0.5, 0.6) is 5.75 Å². The summed E-state index contributed by atoms with van der Waals surface area (Å²) in [5, 5.41) is 12.2. The van der Waals surface area contributed by atoms with E-state index in [-0.39, 0.29) is 5.56 Å². The number of fused-ring (bicyclic) bond motifs is 1. The number of methoxy groups -OCH3 is 1. The zero-order chi connectivity index (χ0) is 14.1. The van der Waals surface area contributed by atoms with Gasteiger partial charge < -0.3 is 9.84 Å². The van der Waals surface area contributed by atoms with Crippen molar-refractivity contribution in [2.24, 2.45) is 0 Å². The molecule has 2 heterocycles. The third-order valence-corrected chi connectivity index (χ3v) is 3.99. The Morgan fingerprint density at radius 1 is 1.30 bits per heavy atom. The van der Waals surface area contributed by atoms with Gasteiger partial charge in [-0.15, -0.1) is 11.3 Å². The number of nitrogens with zero attached hydrogens (tertiary/aromatic N) is 1. The van der Waals surface area contributed by atoms with E-state index in [2.05, 4.69) is 4.98 Å². The molecule has 2 aromatic heterocycles. The Morgan fingerprint density at radius 2 is 2.15 bits per heavy atom. The van der Waals surface area contributed by atoms with Crippen molar-refractivity contribution in [3.8, 4) is 5.75 Å². The number of aliphatic hydroxyl groups is 1. The van der Waals surface area contributed by atoms with Gasteiger partial charge in [-0.2, -0.15) is 0 Å². The van der Waals surface area contributed by atoms with Gasteiger partial charge in [0.2, 0.25) is 0 Å². The maximum absolute atomic E-state index is 14.0. The van der Waals surface area contributed by atoms with Gasteiger partial charge in [0.05, 0.1) is 17.3 Å². The third kappa shape index (κ3) is 2.26. The second-order valence-electron chi connectivity index (χ2n) is 4.36. The van der Waals surface area contributed by atoms with Gasteiger partial charge in [0.25, 0.3) is 0 Å². The number of thiophene rings is 1. The molecule has 0 fully saturated rings. The molecule has 102 valence electrons. The van der Waals surface area contributed by atoms with Crippen LogP contribution in [0.4, 0.5) is 4.39 Å². The van der Waals surface area contributed by atoms with Gasteiger partial charge in [-0.05, 0) is 29.6 Å². The molecule has 0 saturated carbocycles. The van der Waals surface area contributed by atoms with E-state index in [0.717, 1.165) is 10.2 Å². The van der Waals surface area contributed by atoms with Gasteiger partial charge in [-0.1, -0.05) is 0 Å². The Hall–Kier alpha value is -1.98. The Bertz CT molecular complexity index is 756. The first-order valence-electron chi connectivity index (χ1n) is 6.03. The van der Waals surface area contributed by atoms with Crippen LogP contribution in [0.3, 0.4) is 0 Å². The summed E-state index contributed by atoms with van der Waals surface area (Å²) >= 11 is 1.54. The fourth-order valence-corrected chi connectivity index (χ4v) is 2.84. The Kier molecular flexibility index (Phi) is 3.38. The number of rotatable bonds is 3. The summed E-state index contributed by atoms with van der Waals surface area (Å²) in [5.41, 5.74) is 1.66. The number of hydrogen-bond acceptors (Lipinski definition) is 4.